The maximum Gasteiger partial charge on any atom is 0.247 e. The van der Waals surface area contributed by atoms with Crippen molar-refractivity contribution in [3.63, 3.8) is 0 Å². The van der Waals surface area contributed by atoms with E-state index in [2.05, 4.69) is 20.5 Å². The number of ketones is 1. The summed E-state index contributed by atoms with van der Waals surface area (Å²) in [5.74, 6) is 0.732. The fourth-order valence-corrected chi connectivity index (χ4v) is 4.60. The second-order valence-corrected chi connectivity index (χ2v) is 8.87. The van der Waals surface area contributed by atoms with Crippen LogP contribution in [0.2, 0.25) is 0 Å². The Balaban J connectivity index is 1.10. The first kappa shape index (κ1) is 22.1. The molecule has 34 heavy (non-hydrogen) atoms. The van der Waals surface area contributed by atoms with Gasteiger partial charge in [-0.1, -0.05) is 18.2 Å². The predicted octanol–water partition coefficient (Wildman–Crippen LogP) is 5.16. The summed E-state index contributed by atoms with van der Waals surface area (Å²) in [4.78, 5) is 29.2. The van der Waals surface area contributed by atoms with E-state index < -0.39 is 5.82 Å². The van der Waals surface area contributed by atoms with Crippen molar-refractivity contribution < 1.29 is 18.4 Å². The summed E-state index contributed by atoms with van der Waals surface area (Å²) in [5.41, 5.74) is 2.35. The summed E-state index contributed by atoms with van der Waals surface area (Å²) in [6.45, 7) is 0. The number of nitrogens with zero attached hydrogens (tertiary/aromatic N) is 3. The summed E-state index contributed by atoms with van der Waals surface area (Å²) in [6.07, 6.45) is 4.24. The lowest BCUT2D eigenvalue weighted by Gasteiger charge is -2.27. The van der Waals surface area contributed by atoms with Gasteiger partial charge in [-0.15, -0.1) is 10.2 Å². The molecule has 0 radical (unpaired) electrons. The topological polar surface area (TPSA) is 97.5 Å². The van der Waals surface area contributed by atoms with E-state index in [4.69, 9.17) is 4.42 Å². The molecule has 7 nitrogen and oxygen atoms in total. The molecule has 0 unspecified atom stereocenters. The Kier molecular flexibility index (Phi) is 6.29. The van der Waals surface area contributed by atoms with Gasteiger partial charge in [0.1, 0.15) is 5.82 Å². The third-order valence-corrected chi connectivity index (χ3v) is 6.45. The zero-order chi connectivity index (χ0) is 23.5. The zero-order valence-electron chi connectivity index (χ0n) is 18.7. The Bertz CT molecular complexity index is 1230. The molecular weight excluding hydrogens is 435 g/mol. The van der Waals surface area contributed by atoms with Crippen molar-refractivity contribution in [3.8, 4) is 11.5 Å². The summed E-state index contributed by atoms with van der Waals surface area (Å²) in [6, 6.07) is 13.8. The summed E-state index contributed by atoms with van der Waals surface area (Å²) < 4.78 is 19.3. The lowest BCUT2D eigenvalue weighted by atomic mass is 9.86. The number of fused-ring (bicyclic) bond motifs is 1. The van der Waals surface area contributed by atoms with Crippen LogP contribution in [-0.2, 0) is 4.79 Å². The molecule has 5 rings (SSSR count). The molecule has 2 aromatic carbocycles. The molecule has 1 N–H and O–H groups in total. The molecule has 0 atom stereocenters. The van der Waals surface area contributed by atoms with Crippen LogP contribution in [0.25, 0.3) is 11.5 Å². The Morgan fingerprint density at radius 3 is 2.65 bits per heavy atom. The van der Waals surface area contributed by atoms with E-state index in [-0.39, 0.29) is 36.5 Å². The van der Waals surface area contributed by atoms with Gasteiger partial charge in [0.2, 0.25) is 17.7 Å². The molecular formula is C26H25FN4O3. The second kappa shape index (κ2) is 9.67. The minimum Gasteiger partial charge on any atom is -0.420 e. The van der Waals surface area contributed by atoms with Gasteiger partial charge in [-0.2, -0.15) is 0 Å². The first-order chi connectivity index (χ1) is 16.5. The van der Waals surface area contributed by atoms with Crippen molar-refractivity contribution in [2.45, 2.75) is 56.9 Å². The van der Waals surface area contributed by atoms with Crippen LogP contribution in [0.1, 0.15) is 67.1 Å². The standard InChI is InChI=1S/C26H25FN4O3/c27-18-8-12-22-21(14-18)23(32)15-20(28-22)11-13-24(33)29-19-9-6-17(7-10-19)26-31-30-25(34-26)16-4-2-1-3-5-16/h1-5,8,12,14,17,19H,6-7,9-11,13,15H2,(H,29,33). The number of nitrogens with one attached hydrogen (secondary N) is 1. The average molecular weight is 461 g/mol. The highest BCUT2D eigenvalue weighted by molar-refractivity contribution is 6.16. The van der Waals surface area contributed by atoms with Crippen LogP contribution in [0.15, 0.2) is 57.9 Å². The van der Waals surface area contributed by atoms with Crippen molar-refractivity contribution >= 4 is 23.1 Å². The van der Waals surface area contributed by atoms with Gasteiger partial charge in [0, 0.05) is 41.6 Å². The number of benzene rings is 2. The molecule has 1 saturated carbocycles. The molecule has 2 aliphatic rings. The van der Waals surface area contributed by atoms with Crippen molar-refractivity contribution in [3.05, 3.63) is 65.8 Å². The van der Waals surface area contributed by atoms with Gasteiger partial charge in [0.05, 0.1) is 5.69 Å². The second-order valence-electron chi connectivity index (χ2n) is 8.87. The van der Waals surface area contributed by atoms with Gasteiger partial charge in [0.15, 0.2) is 5.78 Å². The average Bonchev–Trinajstić information content (AvgIpc) is 3.35. The number of aliphatic imine (C=N–C) groups is 1. The third-order valence-electron chi connectivity index (χ3n) is 6.45. The number of Topliss-reactive ketones (excluding diaryl/α,β-unsaturated/α-hetero) is 1. The Labute approximate surface area is 196 Å². The normalized spacial score (nSPS) is 19.9. The molecule has 2 heterocycles. The molecule has 0 saturated heterocycles. The van der Waals surface area contributed by atoms with E-state index in [1.54, 1.807) is 0 Å². The van der Waals surface area contributed by atoms with Crippen LogP contribution in [0.5, 0.6) is 0 Å². The summed E-state index contributed by atoms with van der Waals surface area (Å²) in [5, 5.41) is 11.5. The molecule has 1 amide bonds. The minimum absolute atomic E-state index is 0.0485. The monoisotopic (exact) mass is 460 g/mol. The van der Waals surface area contributed by atoms with Crippen LogP contribution in [0.4, 0.5) is 10.1 Å². The first-order valence-electron chi connectivity index (χ1n) is 11.6. The van der Waals surface area contributed by atoms with Crippen LogP contribution < -0.4 is 5.32 Å². The quantitative estimate of drug-likeness (QED) is 0.548. The third kappa shape index (κ3) is 4.95. The van der Waals surface area contributed by atoms with Crippen LogP contribution in [-0.4, -0.2) is 33.6 Å². The van der Waals surface area contributed by atoms with Gasteiger partial charge in [-0.05, 0) is 62.4 Å². The highest BCUT2D eigenvalue weighted by Gasteiger charge is 2.28. The number of amides is 1. The van der Waals surface area contributed by atoms with E-state index in [0.29, 0.717) is 35.2 Å². The number of aromatic nitrogens is 2. The summed E-state index contributed by atoms with van der Waals surface area (Å²) >= 11 is 0. The maximum atomic E-state index is 13.4. The van der Waals surface area contributed by atoms with Crippen LogP contribution in [0.3, 0.4) is 0 Å². The van der Waals surface area contributed by atoms with Crippen molar-refractivity contribution in [1.29, 1.82) is 0 Å². The van der Waals surface area contributed by atoms with Gasteiger partial charge in [0.25, 0.3) is 0 Å². The lowest BCUT2D eigenvalue weighted by Crippen LogP contribution is -2.37. The molecule has 3 aromatic rings. The minimum atomic E-state index is -0.449. The molecule has 1 aliphatic carbocycles. The lowest BCUT2D eigenvalue weighted by molar-refractivity contribution is -0.121. The van der Waals surface area contributed by atoms with E-state index >= 15 is 0 Å². The number of rotatable bonds is 6. The Hall–Kier alpha value is -3.68. The van der Waals surface area contributed by atoms with Crippen molar-refractivity contribution in [2.24, 2.45) is 4.99 Å². The van der Waals surface area contributed by atoms with E-state index in [9.17, 15) is 14.0 Å². The van der Waals surface area contributed by atoms with Gasteiger partial charge < -0.3 is 9.73 Å². The molecule has 1 aliphatic heterocycles. The SMILES string of the molecule is O=C(CCC1=Nc2ccc(F)cc2C(=O)C1)NC1CCC(c2nnc(-c3ccccc3)o2)CC1. The molecule has 1 fully saturated rings. The fraction of sp³-hybridized carbons (Fsp3) is 0.346. The highest BCUT2D eigenvalue weighted by atomic mass is 19.1. The molecule has 0 spiro atoms. The Morgan fingerprint density at radius 1 is 1.06 bits per heavy atom. The van der Waals surface area contributed by atoms with E-state index in [1.165, 1.54) is 18.2 Å². The molecule has 8 heteroatoms. The number of carbonyl (C=O) groups is 2. The number of hydrogen-bond acceptors (Lipinski definition) is 6. The van der Waals surface area contributed by atoms with E-state index in [1.807, 2.05) is 30.3 Å². The first-order valence-corrected chi connectivity index (χ1v) is 11.6. The molecule has 0 bridgehead atoms. The molecule has 174 valence electrons. The summed E-state index contributed by atoms with van der Waals surface area (Å²) in [7, 11) is 0. The molecule has 1 aromatic heterocycles. The van der Waals surface area contributed by atoms with Gasteiger partial charge >= 0.3 is 0 Å². The number of carbonyl (C=O) groups excluding carboxylic acids is 2. The van der Waals surface area contributed by atoms with Crippen molar-refractivity contribution in [2.75, 3.05) is 0 Å². The zero-order valence-corrected chi connectivity index (χ0v) is 18.7. The number of hydrogen-bond donors (Lipinski definition) is 1. The van der Waals surface area contributed by atoms with Crippen LogP contribution >= 0.6 is 0 Å². The predicted molar refractivity (Wildman–Crippen MR) is 125 cm³/mol. The Morgan fingerprint density at radius 2 is 1.85 bits per heavy atom. The van der Waals surface area contributed by atoms with Crippen molar-refractivity contribution in [1.82, 2.24) is 15.5 Å². The van der Waals surface area contributed by atoms with Gasteiger partial charge in [-0.3, -0.25) is 14.6 Å². The largest absolute Gasteiger partial charge is 0.420 e. The number of halogens is 1. The fourth-order valence-electron chi connectivity index (χ4n) is 4.60. The van der Waals surface area contributed by atoms with Crippen LogP contribution in [0, 0.1) is 5.82 Å². The maximum absolute atomic E-state index is 13.4. The van der Waals surface area contributed by atoms with Gasteiger partial charge in [-0.25, -0.2) is 4.39 Å². The smallest absolute Gasteiger partial charge is 0.247 e. The van der Waals surface area contributed by atoms with E-state index in [0.717, 1.165) is 31.2 Å². The highest BCUT2D eigenvalue weighted by Crippen LogP contribution is 2.33.